The van der Waals surface area contributed by atoms with Crippen LogP contribution in [-0.2, 0) is 9.53 Å². The number of nitrogens with two attached hydrogens (primary N) is 1. The number of rotatable bonds is 5. The Morgan fingerprint density at radius 3 is 2.69 bits per heavy atom. The molecule has 3 nitrogen and oxygen atoms in total. The normalized spacial score (nSPS) is 17.6. The molecule has 1 saturated carbocycles. The Bertz CT molecular complexity index is 153. The average Bonchev–Trinajstić information content (AvgIpc) is 2.57. The maximum absolute atomic E-state index is 10.9. The van der Waals surface area contributed by atoms with Crippen LogP contribution in [0.1, 0.15) is 38.5 Å². The van der Waals surface area contributed by atoms with Gasteiger partial charge in [0.2, 0.25) is 0 Å². The smallest absolute Gasteiger partial charge is 0.307 e. The zero-order valence-corrected chi connectivity index (χ0v) is 8.13. The molecule has 0 radical (unpaired) electrons. The molecular formula is C10H19NO2. The quantitative estimate of drug-likeness (QED) is 0.660. The lowest BCUT2D eigenvalue weighted by Crippen LogP contribution is -2.13. The van der Waals surface area contributed by atoms with Gasteiger partial charge in [-0.15, -0.1) is 0 Å². The molecule has 0 saturated heterocycles. The van der Waals surface area contributed by atoms with Crippen LogP contribution in [0.2, 0.25) is 0 Å². The molecule has 1 rings (SSSR count). The van der Waals surface area contributed by atoms with E-state index in [1.54, 1.807) is 0 Å². The SMILES string of the molecule is NCCC(=O)OCCC1CCCC1. The zero-order chi connectivity index (χ0) is 9.52. The number of hydrogen-bond donors (Lipinski definition) is 1. The minimum atomic E-state index is -0.152. The van der Waals surface area contributed by atoms with Gasteiger partial charge in [-0.2, -0.15) is 0 Å². The van der Waals surface area contributed by atoms with Gasteiger partial charge in [0.15, 0.2) is 0 Å². The van der Waals surface area contributed by atoms with Gasteiger partial charge in [0, 0.05) is 6.54 Å². The Balaban J connectivity index is 1.96. The van der Waals surface area contributed by atoms with E-state index in [9.17, 15) is 4.79 Å². The van der Waals surface area contributed by atoms with Crippen molar-refractivity contribution in [2.24, 2.45) is 11.7 Å². The Kier molecular flexibility index (Phi) is 4.83. The van der Waals surface area contributed by atoms with Gasteiger partial charge in [-0.3, -0.25) is 4.79 Å². The van der Waals surface area contributed by atoms with Gasteiger partial charge in [0.1, 0.15) is 0 Å². The lowest BCUT2D eigenvalue weighted by molar-refractivity contribution is -0.143. The molecule has 0 aromatic rings. The van der Waals surface area contributed by atoms with Crippen LogP contribution >= 0.6 is 0 Å². The molecule has 13 heavy (non-hydrogen) atoms. The van der Waals surface area contributed by atoms with Crippen LogP contribution in [0.15, 0.2) is 0 Å². The van der Waals surface area contributed by atoms with E-state index >= 15 is 0 Å². The van der Waals surface area contributed by atoms with Crippen LogP contribution in [0.5, 0.6) is 0 Å². The standard InChI is InChI=1S/C10H19NO2/c11-7-5-10(12)13-8-6-9-3-1-2-4-9/h9H,1-8,11H2. The third kappa shape index (κ3) is 4.27. The fourth-order valence-electron chi connectivity index (χ4n) is 1.83. The van der Waals surface area contributed by atoms with E-state index in [0.717, 1.165) is 12.3 Å². The fourth-order valence-corrected chi connectivity index (χ4v) is 1.83. The molecule has 0 unspecified atom stereocenters. The first-order valence-corrected chi connectivity index (χ1v) is 5.18. The van der Waals surface area contributed by atoms with Gasteiger partial charge in [-0.25, -0.2) is 0 Å². The monoisotopic (exact) mass is 185 g/mol. The van der Waals surface area contributed by atoms with E-state index in [-0.39, 0.29) is 5.97 Å². The predicted octanol–water partition coefficient (Wildman–Crippen LogP) is 1.46. The van der Waals surface area contributed by atoms with E-state index in [0.29, 0.717) is 19.6 Å². The predicted molar refractivity (Wildman–Crippen MR) is 51.2 cm³/mol. The number of carbonyl (C=O) groups is 1. The van der Waals surface area contributed by atoms with Crippen molar-refractivity contribution in [1.29, 1.82) is 0 Å². The second kappa shape index (κ2) is 5.97. The molecule has 1 aliphatic rings. The third-order valence-electron chi connectivity index (χ3n) is 2.61. The van der Waals surface area contributed by atoms with Crippen molar-refractivity contribution in [3.8, 4) is 0 Å². The lowest BCUT2D eigenvalue weighted by Gasteiger charge is -2.08. The van der Waals surface area contributed by atoms with Gasteiger partial charge < -0.3 is 10.5 Å². The highest BCUT2D eigenvalue weighted by atomic mass is 16.5. The second-order valence-corrected chi connectivity index (χ2v) is 3.70. The maximum Gasteiger partial charge on any atom is 0.307 e. The lowest BCUT2D eigenvalue weighted by atomic mass is 10.1. The van der Waals surface area contributed by atoms with Gasteiger partial charge in [0.05, 0.1) is 13.0 Å². The Morgan fingerprint density at radius 1 is 1.38 bits per heavy atom. The van der Waals surface area contributed by atoms with Gasteiger partial charge in [0.25, 0.3) is 0 Å². The zero-order valence-electron chi connectivity index (χ0n) is 8.13. The molecule has 0 aromatic heterocycles. The van der Waals surface area contributed by atoms with Crippen LogP contribution in [0.3, 0.4) is 0 Å². The van der Waals surface area contributed by atoms with E-state index in [2.05, 4.69) is 0 Å². The molecule has 1 fully saturated rings. The first-order valence-electron chi connectivity index (χ1n) is 5.18. The highest BCUT2D eigenvalue weighted by Gasteiger charge is 2.14. The minimum absolute atomic E-state index is 0.152. The van der Waals surface area contributed by atoms with Crippen molar-refractivity contribution in [3.05, 3.63) is 0 Å². The molecule has 2 N–H and O–H groups in total. The van der Waals surface area contributed by atoms with E-state index < -0.39 is 0 Å². The van der Waals surface area contributed by atoms with Crippen LogP contribution in [-0.4, -0.2) is 19.1 Å². The van der Waals surface area contributed by atoms with Crippen molar-refractivity contribution in [1.82, 2.24) is 0 Å². The fraction of sp³-hybridized carbons (Fsp3) is 0.900. The van der Waals surface area contributed by atoms with E-state index in [1.165, 1.54) is 25.7 Å². The summed E-state index contributed by atoms with van der Waals surface area (Å²) < 4.78 is 5.03. The topological polar surface area (TPSA) is 52.3 Å². The van der Waals surface area contributed by atoms with Gasteiger partial charge >= 0.3 is 5.97 Å². The van der Waals surface area contributed by atoms with Crippen LogP contribution in [0.25, 0.3) is 0 Å². The Hall–Kier alpha value is -0.570. The first-order chi connectivity index (χ1) is 6.33. The van der Waals surface area contributed by atoms with Gasteiger partial charge in [-0.05, 0) is 12.3 Å². The maximum atomic E-state index is 10.9. The highest BCUT2D eigenvalue weighted by Crippen LogP contribution is 2.27. The summed E-state index contributed by atoms with van der Waals surface area (Å²) in [5, 5.41) is 0. The van der Waals surface area contributed by atoms with Crippen molar-refractivity contribution in [2.45, 2.75) is 38.5 Å². The van der Waals surface area contributed by atoms with Crippen molar-refractivity contribution < 1.29 is 9.53 Å². The van der Waals surface area contributed by atoms with Gasteiger partial charge in [-0.1, -0.05) is 25.7 Å². The largest absolute Gasteiger partial charge is 0.466 e. The van der Waals surface area contributed by atoms with Crippen molar-refractivity contribution in [3.63, 3.8) is 0 Å². The number of hydrogen-bond acceptors (Lipinski definition) is 3. The number of esters is 1. The molecule has 1 aliphatic carbocycles. The van der Waals surface area contributed by atoms with Crippen LogP contribution in [0.4, 0.5) is 0 Å². The summed E-state index contributed by atoms with van der Waals surface area (Å²) in [7, 11) is 0. The summed E-state index contributed by atoms with van der Waals surface area (Å²) >= 11 is 0. The van der Waals surface area contributed by atoms with Crippen molar-refractivity contribution in [2.75, 3.05) is 13.2 Å². The molecule has 0 heterocycles. The molecule has 0 bridgehead atoms. The summed E-state index contributed by atoms with van der Waals surface area (Å²) in [4.78, 5) is 10.9. The van der Waals surface area contributed by atoms with E-state index in [1.807, 2.05) is 0 Å². The summed E-state index contributed by atoms with van der Waals surface area (Å²) in [6, 6.07) is 0. The first kappa shape index (κ1) is 10.5. The summed E-state index contributed by atoms with van der Waals surface area (Å²) in [6.45, 7) is 0.978. The molecule has 0 aromatic carbocycles. The Labute approximate surface area is 79.6 Å². The van der Waals surface area contributed by atoms with Crippen LogP contribution < -0.4 is 5.73 Å². The number of ether oxygens (including phenoxy) is 1. The molecule has 0 aliphatic heterocycles. The summed E-state index contributed by atoms with van der Waals surface area (Å²) in [5.41, 5.74) is 5.22. The third-order valence-corrected chi connectivity index (χ3v) is 2.61. The molecule has 0 spiro atoms. The Morgan fingerprint density at radius 2 is 2.08 bits per heavy atom. The number of carbonyl (C=O) groups excluding carboxylic acids is 1. The average molecular weight is 185 g/mol. The van der Waals surface area contributed by atoms with E-state index in [4.69, 9.17) is 10.5 Å². The molecule has 3 heteroatoms. The summed E-state index contributed by atoms with van der Waals surface area (Å²) in [5.74, 6) is 0.645. The highest BCUT2D eigenvalue weighted by molar-refractivity contribution is 5.69. The minimum Gasteiger partial charge on any atom is -0.466 e. The van der Waals surface area contributed by atoms with Crippen molar-refractivity contribution >= 4 is 5.97 Å². The molecular weight excluding hydrogens is 166 g/mol. The second-order valence-electron chi connectivity index (χ2n) is 3.70. The molecule has 0 atom stereocenters. The van der Waals surface area contributed by atoms with Crippen LogP contribution in [0, 0.1) is 5.92 Å². The molecule has 0 amide bonds. The summed E-state index contributed by atoms with van der Waals surface area (Å²) in [6.07, 6.45) is 6.71. The molecule has 76 valence electrons.